The highest BCUT2D eigenvalue weighted by atomic mass is 19.1. The molecule has 1 aromatic carbocycles. The van der Waals surface area contributed by atoms with Gasteiger partial charge in [-0.2, -0.15) is 0 Å². The number of halogens is 2. The molecule has 8 nitrogen and oxygen atoms in total. The Morgan fingerprint density at radius 3 is 2.64 bits per heavy atom. The summed E-state index contributed by atoms with van der Waals surface area (Å²) in [5, 5.41) is 21.5. The van der Waals surface area contributed by atoms with Crippen molar-refractivity contribution >= 4 is 11.5 Å². The number of pyridine rings is 1. The first-order chi connectivity index (χ1) is 17.2. The summed E-state index contributed by atoms with van der Waals surface area (Å²) in [6, 6.07) is 5.09. The number of aliphatic hydroxyl groups excluding tert-OH is 1. The summed E-state index contributed by atoms with van der Waals surface area (Å²) in [7, 11) is 0. The zero-order valence-corrected chi connectivity index (χ0v) is 19.6. The van der Waals surface area contributed by atoms with Crippen molar-refractivity contribution in [3.8, 4) is 11.4 Å². The van der Waals surface area contributed by atoms with E-state index in [-0.39, 0.29) is 36.0 Å². The Morgan fingerprint density at radius 2 is 1.94 bits per heavy atom. The van der Waals surface area contributed by atoms with Crippen molar-refractivity contribution in [3.05, 3.63) is 71.3 Å². The molecule has 2 fully saturated rings. The molecule has 2 aliphatic rings. The maximum Gasteiger partial charge on any atom is 0.187 e. The topological polar surface area (TPSA) is 131 Å². The fraction of sp³-hybridized carbons (Fsp3) is 0.385. The molecule has 4 atom stereocenters. The lowest BCUT2D eigenvalue weighted by molar-refractivity contribution is -0.227. The molecule has 3 heterocycles. The number of carbonyl (C=O) groups is 1. The fourth-order valence-corrected chi connectivity index (χ4v) is 4.79. The smallest absolute Gasteiger partial charge is 0.187 e. The number of aliphatic hydroxyl groups is 2. The molecule has 3 aromatic rings. The van der Waals surface area contributed by atoms with Crippen LogP contribution in [0.15, 0.2) is 42.9 Å². The quantitative estimate of drug-likeness (QED) is 0.444. The van der Waals surface area contributed by atoms with Gasteiger partial charge < -0.3 is 20.7 Å². The van der Waals surface area contributed by atoms with Gasteiger partial charge in [0.05, 0.1) is 35.8 Å². The van der Waals surface area contributed by atoms with Crippen molar-refractivity contribution in [3.63, 3.8) is 0 Å². The Balaban J connectivity index is 1.43. The average Bonchev–Trinajstić information content (AvgIpc) is 3.67. The van der Waals surface area contributed by atoms with E-state index in [0.29, 0.717) is 11.1 Å². The van der Waals surface area contributed by atoms with Crippen molar-refractivity contribution in [2.75, 3.05) is 5.73 Å². The minimum Gasteiger partial charge on any atom is -0.396 e. The lowest BCUT2D eigenvalue weighted by Crippen LogP contribution is -2.56. The van der Waals surface area contributed by atoms with Crippen LogP contribution in [-0.2, 0) is 11.2 Å². The van der Waals surface area contributed by atoms with Crippen LogP contribution in [0.4, 0.5) is 14.5 Å². The number of rotatable bonds is 6. The Hall–Kier alpha value is -3.34. The number of benzene rings is 1. The zero-order chi connectivity index (χ0) is 25.6. The highest BCUT2D eigenvalue weighted by molar-refractivity contribution is 6.00. The Morgan fingerprint density at radius 1 is 1.22 bits per heavy atom. The SMILES string of the molecule is C[C@@]1(O)[C@@H](O)C[C@@H](c2ccncc2CC(=O)c2nc(-c3c(F)cccc3F)ncc2N)O[C@H]1C1CC1. The molecule has 1 aliphatic carbocycles. The molecular weight excluding hydrogens is 470 g/mol. The summed E-state index contributed by atoms with van der Waals surface area (Å²) in [5.74, 6) is -2.34. The van der Waals surface area contributed by atoms with Crippen molar-refractivity contribution in [1.82, 2.24) is 15.0 Å². The second-order valence-corrected chi connectivity index (χ2v) is 9.63. The van der Waals surface area contributed by atoms with E-state index in [1.165, 1.54) is 12.3 Å². The number of Topliss-reactive ketones (excluding diaryl/α,β-unsaturated/α-hetero) is 1. The van der Waals surface area contributed by atoms with E-state index in [2.05, 4.69) is 15.0 Å². The molecule has 1 saturated carbocycles. The van der Waals surface area contributed by atoms with Crippen LogP contribution in [0.2, 0.25) is 0 Å². The van der Waals surface area contributed by atoms with Gasteiger partial charge in [-0.3, -0.25) is 9.78 Å². The third-order valence-electron chi connectivity index (χ3n) is 6.96. The number of aromatic nitrogens is 3. The molecule has 10 heteroatoms. The number of carbonyl (C=O) groups excluding carboxylic acids is 1. The molecule has 0 bridgehead atoms. The van der Waals surface area contributed by atoms with Gasteiger partial charge in [-0.15, -0.1) is 0 Å². The first-order valence-corrected chi connectivity index (χ1v) is 11.8. The van der Waals surface area contributed by atoms with Gasteiger partial charge in [0.1, 0.15) is 22.9 Å². The number of nitrogen functional groups attached to an aromatic ring is 1. The van der Waals surface area contributed by atoms with E-state index >= 15 is 0 Å². The highest BCUT2D eigenvalue weighted by Gasteiger charge is 2.52. The van der Waals surface area contributed by atoms with E-state index in [0.717, 1.165) is 31.2 Å². The first kappa shape index (κ1) is 24.4. The van der Waals surface area contributed by atoms with E-state index in [9.17, 15) is 23.8 Å². The molecule has 1 saturated heterocycles. The van der Waals surface area contributed by atoms with Crippen LogP contribution in [-0.4, -0.2) is 48.8 Å². The van der Waals surface area contributed by atoms with E-state index in [4.69, 9.17) is 10.5 Å². The third kappa shape index (κ3) is 4.47. The summed E-state index contributed by atoms with van der Waals surface area (Å²) in [4.78, 5) is 25.4. The average molecular weight is 497 g/mol. The molecule has 0 spiro atoms. The summed E-state index contributed by atoms with van der Waals surface area (Å²) in [6.45, 7) is 1.59. The zero-order valence-electron chi connectivity index (χ0n) is 19.6. The van der Waals surface area contributed by atoms with Crippen LogP contribution in [0.1, 0.15) is 53.9 Å². The highest BCUT2D eigenvalue weighted by Crippen LogP contribution is 2.47. The maximum atomic E-state index is 14.3. The third-order valence-corrected chi connectivity index (χ3v) is 6.96. The Bertz CT molecular complexity index is 1290. The molecular formula is C26H26F2N4O4. The van der Waals surface area contributed by atoms with Gasteiger partial charge in [0.25, 0.3) is 0 Å². The van der Waals surface area contributed by atoms with E-state index in [1.807, 2.05) is 0 Å². The van der Waals surface area contributed by atoms with Crippen molar-refractivity contribution in [2.24, 2.45) is 5.92 Å². The lowest BCUT2D eigenvalue weighted by Gasteiger charge is -2.45. The van der Waals surface area contributed by atoms with Crippen molar-refractivity contribution in [2.45, 2.75) is 56.5 Å². The van der Waals surface area contributed by atoms with Gasteiger partial charge in [-0.25, -0.2) is 18.7 Å². The molecule has 4 N–H and O–H groups in total. The minimum atomic E-state index is -1.37. The van der Waals surface area contributed by atoms with Crippen molar-refractivity contribution in [1.29, 1.82) is 0 Å². The predicted octanol–water partition coefficient (Wildman–Crippen LogP) is 3.18. The van der Waals surface area contributed by atoms with Gasteiger partial charge >= 0.3 is 0 Å². The second-order valence-electron chi connectivity index (χ2n) is 9.63. The number of hydrogen-bond donors (Lipinski definition) is 3. The number of nitrogens with zero attached hydrogens (tertiary/aromatic N) is 3. The van der Waals surface area contributed by atoms with Crippen LogP contribution >= 0.6 is 0 Å². The standard InChI is InChI=1S/C26H26F2N4O4/c1-26(35)21(34)10-20(36-24(26)13-5-6-13)15-7-8-30-11-14(15)9-19(33)23-18(29)12-31-25(32-23)22-16(27)3-2-4-17(22)28/h2-4,7-8,11-13,20-21,24,34-35H,5-6,9-10,29H2,1H3/t20-,21-,24-,26+/m0/s1. The van der Waals surface area contributed by atoms with E-state index in [1.54, 1.807) is 19.2 Å². The van der Waals surface area contributed by atoms with E-state index < -0.39 is 46.9 Å². The van der Waals surface area contributed by atoms with Crippen LogP contribution in [0.3, 0.4) is 0 Å². The van der Waals surface area contributed by atoms with Crippen molar-refractivity contribution < 1.29 is 28.5 Å². The normalized spacial score (nSPS) is 26.1. The molecule has 0 unspecified atom stereocenters. The second kappa shape index (κ2) is 9.27. The molecule has 188 valence electrons. The van der Waals surface area contributed by atoms with Gasteiger partial charge in [-0.05, 0) is 55.0 Å². The number of anilines is 1. The van der Waals surface area contributed by atoms with Crippen LogP contribution in [0.25, 0.3) is 11.4 Å². The minimum absolute atomic E-state index is 0.0277. The first-order valence-electron chi connectivity index (χ1n) is 11.8. The molecule has 36 heavy (non-hydrogen) atoms. The number of hydrogen-bond acceptors (Lipinski definition) is 8. The monoisotopic (exact) mass is 496 g/mol. The largest absolute Gasteiger partial charge is 0.396 e. The van der Waals surface area contributed by atoms with Gasteiger partial charge in [-0.1, -0.05) is 6.07 Å². The Labute approximate surface area is 206 Å². The van der Waals surface area contributed by atoms with Crippen LogP contribution < -0.4 is 5.73 Å². The molecule has 0 amide bonds. The summed E-state index contributed by atoms with van der Waals surface area (Å²) in [6.07, 6.45) is 3.97. The number of nitrogens with two attached hydrogens (primary N) is 1. The number of ketones is 1. The van der Waals surface area contributed by atoms with Crippen LogP contribution in [0.5, 0.6) is 0 Å². The molecule has 0 radical (unpaired) electrons. The lowest BCUT2D eigenvalue weighted by atomic mass is 9.81. The summed E-state index contributed by atoms with van der Waals surface area (Å²) >= 11 is 0. The van der Waals surface area contributed by atoms with Gasteiger partial charge in [0, 0.05) is 25.2 Å². The molecule has 5 rings (SSSR count). The van der Waals surface area contributed by atoms with Crippen LogP contribution in [0, 0.1) is 17.6 Å². The van der Waals surface area contributed by atoms with Gasteiger partial charge in [0.15, 0.2) is 11.6 Å². The maximum absolute atomic E-state index is 14.3. The molecule has 2 aromatic heterocycles. The summed E-state index contributed by atoms with van der Waals surface area (Å²) in [5.41, 5.74) is 5.14. The Kier molecular flexibility index (Phi) is 6.27. The summed E-state index contributed by atoms with van der Waals surface area (Å²) < 4.78 is 34.8. The molecule has 1 aliphatic heterocycles. The predicted molar refractivity (Wildman–Crippen MR) is 126 cm³/mol. The fourth-order valence-electron chi connectivity index (χ4n) is 4.79. The number of ether oxygens (including phenoxy) is 1. The van der Waals surface area contributed by atoms with Gasteiger partial charge in [0.2, 0.25) is 0 Å².